The molecule has 3 aliphatic rings. The Hall–Kier alpha value is -3.64. The number of hydrogen-bond donors (Lipinski definition) is 3. The first kappa shape index (κ1) is 30.4. The number of amides is 2. The fourth-order valence-electron chi connectivity index (χ4n) is 6.13. The van der Waals surface area contributed by atoms with Crippen LogP contribution in [0.5, 0.6) is 10.9 Å². The summed E-state index contributed by atoms with van der Waals surface area (Å²) in [6.07, 6.45) is 8.03. The summed E-state index contributed by atoms with van der Waals surface area (Å²) >= 11 is 4.89. The lowest BCUT2D eigenvalue weighted by atomic mass is 10.0. The highest BCUT2D eigenvalue weighted by Crippen LogP contribution is 2.45. The Balaban J connectivity index is 1.29. The average molecular weight is 684 g/mol. The van der Waals surface area contributed by atoms with Crippen LogP contribution in [0.1, 0.15) is 44.9 Å². The van der Waals surface area contributed by atoms with Crippen molar-refractivity contribution in [3.05, 3.63) is 59.1 Å². The summed E-state index contributed by atoms with van der Waals surface area (Å²) in [6.45, 7) is 0.177. The van der Waals surface area contributed by atoms with Crippen molar-refractivity contribution >= 4 is 61.0 Å². The molecular formula is C32H35BrN4O6S. The van der Waals surface area contributed by atoms with Gasteiger partial charge in [-0.05, 0) is 56.0 Å². The van der Waals surface area contributed by atoms with E-state index in [1.54, 1.807) is 12.0 Å². The quantitative estimate of drug-likeness (QED) is 0.296. The number of nitrogens with one attached hydrogen (secondary N) is 2. The number of anilines is 1. The van der Waals surface area contributed by atoms with Crippen LogP contribution in [0.4, 0.5) is 5.69 Å². The van der Waals surface area contributed by atoms with E-state index < -0.39 is 35.6 Å². The lowest BCUT2D eigenvalue weighted by Crippen LogP contribution is -2.55. The van der Waals surface area contributed by atoms with Gasteiger partial charge in [0.05, 0.1) is 23.9 Å². The first-order valence-corrected chi connectivity index (χ1v) is 16.5. The Kier molecular flexibility index (Phi) is 8.82. The van der Waals surface area contributed by atoms with Crippen LogP contribution in [0.3, 0.4) is 0 Å². The third-order valence-electron chi connectivity index (χ3n) is 8.63. The third kappa shape index (κ3) is 6.41. The van der Waals surface area contributed by atoms with Crippen LogP contribution in [0.25, 0.3) is 10.2 Å². The van der Waals surface area contributed by atoms with Gasteiger partial charge in [0.1, 0.15) is 29.5 Å². The van der Waals surface area contributed by atoms with Gasteiger partial charge in [0.25, 0.3) is 5.19 Å². The van der Waals surface area contributed by atoms with E-state index in [4.69, 9.17) is 9.47 Å². The molecule has 12 heteroatoms. The summed E-state index contributed by atoms with van der Waals surface area (Å²) in [5, 5.41) is 16.8. The fourth-order valence-corrected chi connectivity index (χ4v) is 7.56. The molecule has 0 spiro atoms. The zero-order valence-corrected chi connectivity index (χ0v) is 26.7. The smallest absolute Gasteiger partial charge is 0.330 e. The van der Waals surface area contributed by atoms with E-state index >= 15 is 0 Å². The topological polar surface area (TPSA) is 130 Å². The summed E-state index contributed by atoms with van der Waals surface area (Å²) in [5.41, 5.74) is 0.177. The molecular weight excluding hydrogens is 648 g/mol. The molecule has 1 aromatic heterocycles. The van der Waals surface area contributed by atoms with Crippen molar-refractivity contribution in [1.29, 1.82) is 0 Å². The molecule has 5 atom stereocenters. The summed E-state index contributed by atoms with van der Waals surface area (Å²) < 4.78 is 13.6. The fraction of sp³-hybridized carbons (Fsp3) is 0.438. The van der Waals surface area contributed by atoms with Crippen LogP contribution in [-0.2, 0) is 14.4 Å². The van der Waals surface area contributed by atoms with Gasteiger partial charge in [-0.15, -0.1) is 0 Å². The molecule has 1 saturated carbocycles. The molecule has 2 fully saturated rings. The molecule has 3 aromatic rings. The number of allylic oxidation sites excluding steroid dienone is 1. The predicted octanol–water partition coefficient (Wildman–Crippen LogP) is 5.38. The second-order valence-corrected chi connectivity index (χ2v) is 13.6. The molecule has 6 rings (SSSR count). The van der Waals surface area contributed by atoms with Gasteiger partial charge in [0.2, 0.25) is 11.8 Å². The highest BCUT2D eigenvalue weighted by atomic mass is 79.9. The number of carbonyl (C=O) groups excluding carboxylic acids is 2. The maximum absolute atomic E-state index is 14.3. The number of methoxy groups -OCH3 is 1. The van der Waals surface area contributed by atoms with Gasteiger partial charge in [-0.2, -0.15) is 0 Å². The van der Waals surface area contributed by atoms with Crippen molar-refractivity contribution in [3.8, 4) is 10.9 Å². The first-order chi connectivity index (χ1) is 21.3. The summed E-state index contributed by atoms with van der Waals surface area (Å²) in [5.74, 6) is -1.38. The van der Waals surface area contributed by atoms with E-state index in [2.05, 4.69) is 31.5 Å². The van der Waals surface area contributed by atoms with Gasteiger partial charge >= 0.3 is 5.97 Å². The molecule has 1 saturated heterocycles. The van der Waals surface area contributed by atoms with E-state index in [-0.39, 0.29) is 24.8 Å². The first-order valence-electron chi connectivity index (χ1n) is 14.9. The van der Waals surface area contributed by atoms with Crippen LogP contribution in [-0.4, -0.2) is 70.2 Å². The Morgan fingerprint density at radius 1 is 1.20 bits per heavy atom. The Morgan fingerprint density at radius 2 is 2.07 bits per heavy atom. The van der Waals surface area contributed by atoms with Crippen molar-refractivity contribution in [2.24, 2.45) is 5.92 Å². The van der Waals surface area contributed by atoms with Gasteiger partial charge in [-0.1, -0.05) is 58.3 Å². The van der Waals surface area contributed by atoms with Crippen molar-refractivity contribution in [2.45, 2.75) is 68.7 Å². The van der Waals surface area contributed by atoms with Crippen LogP contribution in [0, 0.1) is 5.92 Å². The van der Waals surface area contributed by atoms with Crippen LogP contribution in [0.2, 0.25) is 0 Å². The van der Waals surface area contributed by atoms with Gasteiger partial charge in [-0.3, -0.25) is 9.59 Å². The second-order valence-electron chi connectivity index (χ2n) is 11.6. The van der Waals surface area contributed by atoms with Crippen molar-refractivity contribution in [3.63, 3.8) is 0 Å². The average Bonchev–Trinajstić information content (AvgIpc) is 3.32. The van der Waals surface area contributed by atoms with Crippen LogP contribution < -0.4 is 20.1 Å². The summed E-state index contributed by atoms with van der Waals surface area (Å²) in [6, 6.07) is 11.7. The number of hydrogen-bond acceptors (Lipinski definition) is 8. The molecule has 3 heterocycles. The lowest BCUT2D eigenvalue weighted by Gasteiger charge is -2.30. The number of benzene rings is 2. The number of carboxylic acids is 1. The normalized spacial score (nSPS) is 27.5. The number of aliphatic carboxylic acids is 1. The van der Waals surface area contributed by atoms with Crippen molar-refractivity contribution in [1.82, 2.24) is 15.2 Å². The van der Waals surface area contributed by atoms with Gasteiger partial charge in [0.15, 0.2) is 0 Å². The van der Waals surface area contributed by atoms with E-state index in [1.165, 1.54) is 11.3 Å². The minimum absolute atomic E-state index is 0.177. The molecule has 44 heavy (non-hydrogen) atoms. The van der Waals surface area contributed by atoms with E-state index in [9.17, 15) is 19.5 Å². The highest BCUT2D eigenvalue weighted by Gasteiger charge is 2.61. The number of halogens is 1. The molecule has 2 amide bonds. The maximum atomic E-state index is 14.3. The number of nitrogens with zero attached hydrogens (tertiary/aromatic N) is 2. The van der Waals surface area contributed by atoms with Crippen molar-refractivity contribution < 1.29 is 29.0 Å². The predicted molar refractivity (Wildman–Crippen MR) is 171 cm³/mol. The van der Waals surface area contributed by atoms with Gasteiger partial charge in [0, 0.05) is 28.6 Å². The van der Waals surface area contributed by atoms with Gasteiger partial charge < -0.3 is 30.1 Å². The number of carboxylic acid groups (broad SMARTS) is 1. The van der Waals surface area contributed by atoms with Gasteiger partial charge in [-0.25, -0.2) is 9.78 Å². The molecule has 0 radical (unpaired) electrons. The lowest BCUT2D eigenvalue weighted by molar-refractivity contribution is -0.145. The molecule has 0 unspecified atom stereocenters. The monoisotopic (exact) mass is 682 g/mol. The Labute approximate surface area is 267 Å². The van der Waals surface area contributed by atoms with E-state index in [1.807, 2.05) is 54.6 Å². The zero-order chi connectivity index (χ0) is 30.8. The number of thiazole rings is 1. The zero-order valence-electron chi connectivity index (χ0n) is 24.3. The molecule has 0 bridgehead atoms. The highest BCUT2D eigenvalue weighted by molar-refractivity contribution is 9.10. The van der Waals surface area contributed by atoms with E-state index in [0.29, 0.717) is 23.8 Å². The Morgan fingerprint density at radius 3 is 2.89 bits per heavy atom. The minimum atomic E-state index is -1.36. The number of aromatic nitrogens is 1. The SMILES string of the molecule is COc1cccc(N[C@H]2CCCCCC=C[C@@H]3C[C@@]3(C(=O)O)NC(=O)[C@@H]3C[C@@H](Oc4nc5ccc(Br)cc5s4)CN3C2=O)c1. The summed E-state index contributed by atoms with van der Waals surface area (Å²) in [4.78, 5) is 46.7. The number of fused-ring (bicyclic) bond motifs is 3. The minimum Gasteiger partial charge on any atom is -0.497 e. The molecule has 232 valence electrons. The maximum Gasteiger partial charge on any atom is 0.330 e. The largest absolute Gasteiger partial charge is 0.497 e. The number of rotatable bonds is 6. The van der Waals surface area contributed by atoms with Crippen molar-refractivity contribution in [2.75, 3.05) is 19.0 Å². The number of carbonyl (C=O) groups is 3. The number of ether oxygens (including phenoxy) is 2. The Bertz CT molecular complexity index is 1600. The molecule has 1 aliphatic carbocycles. The van der Waals surface area contributed by atoms with Crippen LogP contribution in [0.15, 0.2) is 59.1 Å². The second kappa shape index (κ2) is 12.8. The summed E-state index contributed by atoms with van der Waals surface area (Å²) in [7, 11) is 1.59. The molecule has 3 N–H and O–H groups in total. The van der Waals surface area contributed by atoms with E-state index in [0.717, 1.165) is 46.1 Å². The third-order valence-corrected chi connectivity index (χ3v) is 10.0. The molecule has 2 aromatic carbocycles. The molecule has 2 aliphatic heterocycles. The standard InChI is InChI=1S/C32H35BrN4O6S/c1-42-22-10-7-9-21(15-22)34-25-11-6-4-2-3-5-8-19-17-32(19,30(40)41)36-28(38)26-16-23(18-37(26)29(25)39)43-31-35-24-13-12-20(33)14-27(24)44-31/h5,7-10,12-15,19,23,25-26,34H,2-4,6,11,16-18H2,1H3,(H,36,38)(H,40,41)/t19-,23-,25+,26+,32-/m1/s1. The molecule has 10 nitrogen and oxygen atoms in total. The van der Waals surface area contributed by atoms with Crippen LogP contribution >= 0.6 is 27.3 Å².